The summed E-state index contributed by atoms with van der Waals surface area (Å²) in [6, 6.07) is 0. The quantitative estimate of drug-likeness (QED) is 0.533. The van der Waals surface area contributed by atoms with Crippen LogP contribution in [0.4, 0.5) is 0 Å². The molecule has 1 fully saturated rings. The van der Waals surface area contributed by atoms with Crippen LogP contribution in [0, 0.1) is 35.0 Å². The van der Waals surface area contributed by atoms with Crippen LogP contribution in [0.3, 0.4) is 0 Å². The van der Waals surface area contributed by atoms with Crippen LogP contribution >= 0.6 is 0 Å². The zero-order valence-corrected chi connectivity index (χ0v) is 10.4. The minimum absolute atomic E-state index is 0.696. The maximum absolute atomic E-state index is 7.34. The van der Waals surface area contributed by atoms with Gasteiger partial charge in [-0.1, -0.05) is 13.8 Å². The predicted octanol–water partition coefficient (Wildman–Crippen LogP) is 4.06. The maximum Gasteiger partial charge on any atom is -0.00448 e. The van der Waals surface area contributed by atoms with Gasteiger partial charge in [0.2, 0.25) is 0 Å². The molecule has 0 amide bonds. The minimum atomic E-state index is 0.696. The van der Waals surface area contributed by atoms with Gasteiger partial charge in [-0.25, -0.2) is 0 Å². The van der Waals surface area contributed by atoms with Gasteiger partial charge >= 0.3 is 0 Å². The van der Waals surface area contributed by atoms with Crippen LogP contribution < -0.4 is 0 Å². The average molecular weight is 217 g/mol. The van der Waals surface area contributed by atoms with Gasteiger partial charge in [0.05, 0.1) is 0 Å². The lowest BCUT2D eigenvalue weighted by atomic mass is 9.60. The van der Waals surface area contributed by atoms with Crippen LogP contribution in [0.1, 0.15) is 39.5 Å². The Balaban J connectivity index is 2.12. The smallest absolute Gasteiger partial charge is 0.00448 e. The van der Waals surface area contributed by atoms with E-state index in [1.165, 1.54) is 12.8 Å². The third-order valence-electron chi connectivity index (χ3n) is 4.65. The van der Waals surface area contributed by atoms with Gasteiger partial charge < -0.3 is 5.41 Å². The van der Waals surface area contributed by atoms with Gasteiger partial charge in [-0.05, 0) is 73.6 Å². The predicted molar refractivity (Wildman–Crippen MR) is 68.7 cm³/mol. The van der Waals surface area contributed by atoms with E-state index in [0.29, 0.717) is 11.8 Å². The summed E-state index contributed by atoms with van der Waals surface area (Å²) in [7, 11) is 0. The summed E-state index contributed by atoms with van der Waals surface area (Å²) in [4.78, 5) is 0. The number of hydrogen-bond acceptors (Lipinski definition) is 1. The van der Waals surface area contributed by atoms with Crippen molar-refractivity contribution in [1.29, 1.82) is 5.41 Å². The topological polar surface area (TPSA) is 23.9 Å². The van der Waals surface area contributed by atoms with Crippen LogP contribution in [0.25, 0.3) is 0 Å². The van der Waals surface area contributed by atoms with Gasteiger partial charge in [0, 0.05) is 0 Å². The van der Waals surface area contributed by atoms with E-state index in [0.717, 1.165) is 30.6 Å². The van der Waals surface area contributed by atoms with E-state index in [9.17, 15) is 0 Å². The van der Waals surface area contributed by atoms with Crippen molar-refractivity contribution >= 4 is 6.21 Å². The molecule has 1 heteroatoms. The summed E-state index contributed by atoms with van der Waals surface area (Å²) in [5.74, 6) is 3.90. The zero-order chi connectivity index (χ0) is 11.5. The first-order valence-electron chi connectivity index (χ1n) is 6.62. The molecule has 0 saturated heterocycles. The fourth-order valence-corrected chi connectivity index (χ4v) is 3.30. The van der Waals surface area contributed by atoms with E-state index in [4.69, 9.17) is 5.41 Å². The van der Waals surface area contributed by atoms with Crippen molar-refractivity contribution in [1.82, 2.24) is 0 Å². The van der Waals surface area contributed by atoms with Crippen LogP contribution in [-0.4, -0.2) is 6.21 Å². The molecular weight excluding hydrogens is 194 g/mol. The SMILES string of the molecule is CC1C=C=CCC(C)C(CC=N)C2CC1C2. The minimum Gasteiger partial charge on any atom is -0.313 e. The van der Waals surface area contributed by atoms with Gasteiger partial charge in [0.15, 0.2) is 0 Å². The second-order valence-corrected chi connectivity index (χ2v) is 5.70. The zero-order valence-electron chi connectivity index (χ0n) is 10.4. The van der Waals surface area contributed by atoms with Crippen LogP contribution in [0.15, 0.2) is 17.9 Å². The first kappa shape index (κ1) is 11.7. The van der Waals surface area contributed by atoms with E-state index in [-0.39, 0.29) is 0 Å². The molecule has 1 nitrogen and oxygen atoms in total. The summed E-state index contributed by atoms with van der Waals surface area (Å²) < 4.78 is 0. The molecule has 0 aromatic rings. The molecule has 0 spiro atoms. The Labute approximate surface area is 99.1 Å². The molecular formula is C15H23N. The molecule has 3 unspecified atom stereocenters. The Kier molecular flexibility index (Phi) is 3.66. The second kappa shape index (κ2) is 5.01. The molecule has 0 aromatic heterocycles. The molecule has 1 saturated carbocycles. The molecule has 0 heterocycles. The fourth-order valence-electron chi connectivity index (χ4n) is 3.30. The van der Waals surface area contributed by atoms with Crippen molar-refractivity contribution in [2.24, 2.45) is 29.6 Å². The number of rotatable bonds is 2. The Hall–Kier alpha value is -0.810. The lowest BCUT2D eigenvalue weighted by Gasteiger charge is -2.44. The Morgan fingerprint density at radius 2 is 2.06 bits per heavy atom. The highest BCUT2D eigenvalue weighted by Gasteiger charge is 2.38. The van der Waals surface area contributed by atoms with Gasteiger partial charge in [-0.3, -0.25) is 0 Å². The summed E-state index contributed by atoms with van der Waals surface area (Å²) in [5.41, 5.74) is 3.35. The molecule has 2 bridgehead atoms. The van der Waals surface area contributed by atoms with E-state index >= 15 is 0 Å². The molecule has 0 aliphatic heterocycles. The standard InChI is InChI=1S/C15H23N/c1-11-5-3-4-6-12(2)15(7-8-16)14-9-13(11)10-14/h4-5,8,11-16H,6-7,9-10H2,1-2H3. The Morgan fingerprint density at radius 1 is 1.31 bits per heavy atom. The van der Waals surface area contributed by atoms with E-state index in [2.05, 4.69) is 31.7 Å². The normalized spacial score (nSPS) is 42.5. The van der Waals surface area contributed by atoms with Gasteiger partial charge in [-0.15, -0.1) is 5.73 Å². The molecule has 3 rings (SSSR count). The van der Waals surface area contributed by atoms with Crippen molar-refractivity contribution < 1.29 is 0 Å². The average Bonchev–Trinajstić information content (AvgIpc) is 2.20. The van der Waals surface area contributed by atoms with E-state index < -0.39 is 0 Å². The molecule has 3 atom stereocenters. The largest absolute Gasteiger partial charge is 0.313 e. The van der Waals surface area contributed by atoms with Crippen LogP contribution in [0.5, 0.6) is 0 Å². The third-order valence-corrected chi connectivity index (χ3v) is 4.65. The van der Waals surface area contributed by atoms with E-state index in [1.807, 2.05) is 0 Å². The summed E-state index contributed by atoms with van der Waals surface area (Å²) in [6.45, 7) is 4.66. The van der Waals surface area contributed by atoms with Crippen molar-refractivity contribution in [2.45, 2.75) is 39.5 Å². The number of fused-ring (bicyclic) bond motifs is 4. The molecule has 3 aliphatic carbocycles. The van der Waals surface area contributed by atoms with Crippen molar-refractivity contribution in [2.75, 3.05) is 0 Å². The lowest BCUT2D eigenvalue weighted by molar-refractivity contribution is 0.0727. The molecule has 3 aliphatic rings. The highest BCUT2D eigenvalue weighted by atomic mass is 14.4. The Bertz CT molecular complexity index is 305. The summed E-state index contributed by atoms with van der Waals surface area (Å²) in [5, 5.41) is 7.34. The second-order valence-electron chi connectivity index (χ2n) is 5.70. The highest BCUT2D eigenvalue weighted by Crippen LogP contribution is 2.47. The highest BCUT2D eigenvalue weighted by molar-refractivity contribution is 5.53. The number of nitrogens with one attached hydrogen (secondary N) is 1. The van der Waals surface area contributed by atoms with Crippen molar-refractivity contribution in [3.05, 3.63) is 17.9 Å². The first-order valence-corrected chi connectivity index (χ1v) is 6.62. The maximum atomic E-state index is 7.34. The summed E-state index contributed by atoms with van der Waals surface area (Å²) in [6.07, 6.45) is 10.9. The summed E-state index contributed by atoms with van der Waals surface area (Å²) >= 11 is 0. The van der Waals surface area contributed by atoms with Gasteiger partial charge in [0.25, 0.3) is 0 Å². The van der Waals surface area contributed by atoms with Crippen molar-refractivity contribution in [3.8, 4) is 0 Å². The number of allylic oxidation sites excluding steroid dienone is 1. The van der Waals surface area contributed by atoms with Crippen molar-refractivity contribution in [3.63, 3.8) is 0 Å². The van der Waals surface area contributed by atoms with Gasteiger partial charge in [-0.2, -0.15) is 0 Å². The van der Waals surface area contributed by atoms with Crippen LogP contribution in [0.2, 0.25) is 0 Å². The molecule has 1 N–H and O–H groups in total. The Morgan fingerprint density at radius 3 is 2.75 bits per heavy atom. The molecule has 0 radical (unpaired) electrons. The molecule has 88 valence electrons. The van der Waals surface area contributed by atoms with Gasteiger partial charge in [0.1, 0.15) is 0 Å². The third kappa shape index (κ3) is 2.30. The molecule has 0 aromatic carbocycles. The lowest BCUT2D eigenvalue weighted by Crippen LogP contribution is -2.36. The number of hydrogen-bond donors (Lipinski definition) is 1. The van der Waals surface area contributed by atoms with Crippen LogP contribution in [-0.2, 0) is 0 Å². The first-order chi connectivity index (χ1) is 7.72. The van der Waals surface area contributed by atoms with E-state index in [1.54, 1.807) is 6.21 Å². The molecule has 16 heavy (non-hydrogen) atoms. The fraction of sp³-hybridized carbons (Fsp3) is 0.733. The monoisotopic (exact) mass is 217 g/mol.